The van der Waals surface area contributed by atoms with Crippen LogP contribution in [-0.4, -0.2) is 53.3 Å². The Morgan fingerprint density at radius 2 is 1.96 bits per heavy atom. The molecule has 4 amide bonds. The fourth-order valence-electron chi connectivity index (χ4n) is 3.14. The van der Waals surface area contributed by atoms with Gasteiger partial charge in [-0.3, -0.25) is 14.5 Å². The van der Waals surface area contributed by atoms with Crippen molar-refractivity contribution >= 4 is 41.0 Å². The van der Waals surface area contributed by atoms with Gasteiger partial charge in [0.1, 0.15) is 0 Å². The minimum atomic E-state index is -0.373. The molecule has 8 heteroatoms. The number of halogens is 2. The maximum Gasteiger partial charge on any atom is 0.324 e. The Kier molecular flexibility index (Phi) is 4.96. The second kappa shape index (κ2) is 6.99. The van der Waals surface area contributed by atoms with E-state index in [2.05, 4.69) is 5.32 Å². The highest BCUT2D eigenvalue weighted by atomic mass is 35.5. The van der Waals surface area contributed by atoms with Crippen molar-refractivity contribution in [1.29, 1.82) is 0 Å². The molecule has 1 atom stereocenters. The Hall–Kier alpha value is -1.79. The molecular weight excluding hydrogens is 353 g/mol. The zero-order valence-corrected chi connectivity index (χ0v) is 14.4. The maximum absolute atomic E-state index is 12.4. The van der Waals surface area contributed by atoms with Crippen LogP contribution in [0.1, 0.15) is 18.4 Å². The summed E-state index contributed by atoms with van der Waals surface area (Å²) in [7, 11) is 0. The Bertz CT molecular complexity index is 659. The van der Waals surface area contributed by atoms with E-state index in [1.54, 1.807) is 23.1 Å². The number of benzene rings is 1. The van der Waals surface area contributed by atoms with Crippen molar-refractivity contribution in [1.82, 2.24) is 15.1 Å². The quantitative estimate of drug-likeness (QED) is 0.826. The number of urea groups is 1. The van der Waals surface area contributed by atoms with E-state index in [9.17, 15) is 14.4 Å². The first-order chi connectivity index (χ1) is 11.5. The van der Waals surface area contributed by atoms with Gasteiger partial charge in [-0.1, -0.05) is 29.3 Å². The van der Waals surface area contributed by atoms with Crippen molar-refractivity contribution in [3.05, 3.63) is 33.8 Å². The molecule has 24 heavy (non-hydrogen) atoms. The molecule has 2 fully saturated rings. The van der Waals surface area contributed by atoms with E-state index < -0.39 is 0 Å². The molecule has 0 bridgehead atoms. The van der Waals surface area contributed by atoms with Crippen molar-refractivity contribution in [2.75, 3.05) is 19.6 Å². The molecule has 1 N–H and O–H groups in total. The van der Waals surface area contributed by atoms with E-state index >= 15 is 0 Å². The highest BCUT2D eigenvalue weighted by Gasteiger charge is 2.39. The second-order valence-corrected chi connectivity index (χ2v) is 6.72. The Morgan fingerprint density at radius 3 is 2.58 bits per heavy atom. The van der Waals surface area contributed by atoms with Crippen LogP contribution in [0.4, 0.5) is 4.79 Å². The normalized spacial score (nSPS) is 20.7. The van der Waals surface area contributed by atoms with Crippen molar-refractivity contribution in [3.8, 4) is 0 Å². The molecule has 0 aliphatic carbocycles. The molecule has 1 unspecified atom stereocenters. The fourth-order valence-corrected chi connectivity index (χ4v) is 3.73. The second-order valence-electron chi connectivity index (χ2n) is 5.90. The third-order valence-electron chi connectivity index (χ3n) is 4.41. The zero-order chi connectivity index (χ0) is 17.3. The Labute approximate surface area is 149 Å². The Balaban J connectivity index is 1.57. The monoisotopic (exact) mass is 369 g/mol. The highest BCUT2D eigenvalue weighted by molar-refractivity contribution is 6.36. The summed E-state index contributed by atoms with van der Waals surface area (Å²) in [6.45, 7) is 0.958. The number of nitrogens with zero attached hydrogens (tertiary/aromatic N) is 2. The molecule has 128 valence electrons. The van der Waals surface area contributed by atoms with Crippen molar-refractivity contribution in [2.24, 2.45) is 0 Å². The lowest BCUT2D eigenvalue weighted by Crippen LogP contribution is -2.42. The summed E-state index contributed by atoms with van der Waals surface area (Å²) in [5.74, 6) is -0.261. The van der Waals surface area contributed by atoms with Gasteiger partial charge in [0.2, 0.25) is 11.8 Å². The molecule has 0 radical (unpaired) electrons. The van der Waals surface area contributed by atoms with E-state index in [0.29, 0.717) is 36.0 Å². The van der Waals surface area contributed by atoms with E-state index in [1.165, 1.54) is 4.90 Å². The number of hydrogen-bond donors (Lipinski definition) is 1. The van der Waals surface area contributed by atoms with Gasteiger partial charge in [-0.15, -0.1) is 0 Å². The van der Waals surface area contributed by atoms with Gasteiger partial charge in [0.05, 0.1) is 12.6 Å². The average molecular weight is 370 g/mol. The lowest BCUT2D eigenvalue weighted by Gasteiger charge is -2.21. The van der Waals surface area contributed by atoms with Crippen LogP contribution in [0.25, 0.3) is 0 Å². The number of imide groups is 1. The van der Waals surface area contributed by atoms with Crippen LogP contribution >= 0.6 is 23.2 Å². The average Bonchev–Trinajstić information content (AvgIpc) is 3.13. The van der Waals surface area contributed by atoms with Gasteiger partial charge >= 0.3 is 6.03 Å². The third-order valence-corrected chi connectivity index (χ3v) is 5.12. The van der Waals surface area contributed by atoms with Gasteiger partial charge in [0.25, 0.3) is 0 Å². The summed E-state index contributed by atoms with van der Waals surface area (Å²) in [6, 6.07) is 4.64. The molecule has 1 aromatic carbocycles. The minimum absolute atomic E-state index is 0.0273. The standard InChI is InChI=1S/C16H17Cl2N3O3/c17-12-2-1-3-13(18)11(12)4-5-14(22)20-7-6-10(9-20)21-15(23)8-19-16(21)24/h1-3,10H,4-9H2,(H,19,24). The third kappa shape index (κ3) is 3.35. The van der Waals surface area contributed by atoms with Crippen LogP contribution in [0, 0.1) is 0 Å². The molecule has 0 spiro atoms. The van der Waals surface area contributed by atoms with Crippen molar-refractivity contribution in [3.63, 3.8) is 0 Å². The predicted octanol–water partition coefficient (Wildman–Crippen LogP) is 2.08. The predicted molar refractivity (Wildman–Crippen MR) is 90.0 cm³/mol. The van der Waals surface area contributed by atoms with Crippen LogP contribution < -0.4 is 5.32 Å². The molecule has 2 aliphatic rings. The van der Waals surface area contributed by atoms with Crippen LogP contribution in [0.2, 0.25) is 10.0 Å². The molecule has 0 saturated carbocycles. The van der Waals surface area contributed by atoms with Crippen LogP contribution in [-0.2, 0) is 16.0 Å². The summed E-state index contributed by atoms with van der Waals surface area (Å²) in [5.41, 5.74) is 0.763. The Morgan fingerprint density at radius 1 is 1.25 bits per heavy atom. The largest absolute Gasteiger partial charge is 0.341 e. The number of carbonyl (C=O) groups excluding carboxylic acids is 3. The van der Waals surface area contributed by atoms with E-state index in [4.69, 9.17) is 23.2 Å². The molecule has 2 saturated heterocycles. The summed E-state index contributed by atoms with van der Waals surface area (Å²) in [5, 5.41) is 3.60. The number of hydrogen-bond acceptors (Lipinski definition) is 3. The molecule has 2 aliphatic heterocycles. The molecule has 0 aromatic heterocycles. The number of amides is 4. The van der Waals surface area contributed by atoms with Gasteiger partial charge in [0.15, 0.2) is 0 Å². The fraction of sp³-hybridized carbons (Fsp3) is 0.438. The molecule has 2 heterocycles. The van der Waals surface area contributed by atoms with E-state index in [-0.39, 0.29) is 36.9 Å². The van der Waals surface area contributed by atoms with Gasteiger partial charge in [0, 0.05) is 29.6 Å². The van der Waals surface area contributed by atoms with Crippen LogP contribution in [0.15, 0.2) is 18.2 Å². The molecule has 3 rings (SSSR count). The maximum atomic E-state index is 12.4. The SMILES string of the molecule is O=C(CCc1c(Cl)cccc1Cl)N1CCC(N2C(=O)CNC2=O)C1. The highest BCUT2D eigenvalue weighted by Crippen LogP contribution is 2.26. The summed E-state index contributed by atoms with van der Waals surface area (Å²) in [6.07, 6.45) is 1.36. The first kappa shape index (κ1) is 17.0. The van der Waals surface area contributed by atoms with Gasteiger partial charge in [-0.25, -0.2) is 4.79 Å². The minimum Gasteiger partial charge on any atom is -0.341 e. The lowest BCUT2D eigenvalue weighted by atomic mass is 10.1. The lowest BCUT2D eigenvalue weighted by molar-refractivity contribution is -0.131. The molecule has 6 nitrogen and oxygen atoms in total. The van der Waals surface area contributed by atoms with Crippen LogP contribution in [0.5, 0.6) is 0 Å². The summed E-state index contributed by atoms with van der Waals surface area (Å²) in [4.78, 5) is 38.8. The molecular formula is C16H17Cl2N3O3. The molecule has 1 aromatic rings. The first-order valence-electron chi connectivity index (χ1n) is 7.78. The zero-order valence-electron chi connectivity index (χ0n) is 12.9. The van der Waals surface area contributed by atoms with Crippen LogP contribution in [0.3, 0.4) is 0 Å². The van der Waals surface area contributed by atoms with E-state index in [1.807, 2.05) is 0 Å². The van der Waals surface area contributed by atoms with Gasteiger partial charge in [-0.05, 0) is 30.5 Å². The summed E-state index contributed by atoms with van der Waals surface area (Å²) < 4.78 is 0. The number of rotatable bonds is 4. The number of nitrogens with one attached hydrogen (secondary N) is 1. The topological polar surface area (TPSA) is 69.7 Å². The van der Waals surface area contributed by atoms with E-state index in [0.717, 1.165) is 5.56 Å². The van der Waals surface area contributed by atoms with Gasteiger partial charge < -0.3 is 10.2 Å². The smallest absolute Gasteiger partial charge is 0.324 e. The van der Waals surface area contributed by atoms with Gasteiger partial charge in [-0.2, -0.15) is 0 Å². The summed E-state index contributed by atoms with van der Waals surface area (Å²) >= 11 is 12.2. The van der Waals surface area contributed by atoms with Crippen molar-refractivity contribution in [2.45, 2.75) is 25.3 Å². The number of likely N-dealkylation sites (tertiary alicyclic amines) is 1. The first-order valence-corrected chi connectivity index (χ1v) is 8.53. The van der Waals surface area contributed by atoms with Crippen molar-refractivity contribution < 1.29 is 14.4 Å². The number of carbonyl (C=O) groups is 3.